The number of hydrogen-bond acceptors (Lipinski definition) is 3. The van der Waals surface area contributed by atoms with E-state index >= 15 is 0 Å². The molecule has 2 N–H and O–H groups in total. The Balaban J connectivity index is 2.24. The molecule has 22 heavy (non-hydrogen) atoms. The van der Waals surface area contributed by atoms with Gasteiger partial charge in [-0.05, 0) is 43.9 Å². The van der Waals surface area contributed by atoms with Crippen molar-refractivity contribution in [2.24, 2.45) is 5.92 Å². The number of halogens is 2. The van der Waals surface area contributed by atoms with E-state index < -0.39 is 0 Å². The minimum atomic E-state index is -0.110. The van der Waals surface area contributed by atoms with Gasteiger partial charge in [-0.3, -0.25) is 9.78 Å². The number of nitrogens with zero attached hydrogens (tertiary/aromatic N) is 1. The summed E-state index contributed by atoms with van der Waals surface area (Å²) in [5.74, 6) is 0.921. The lowest BCUT2D eigenvalue weighted by Crippen LogP contribution is -2.18. The second-order valence-corrected chi connectivity index (χ2v) is 6.50. The highest BCUT2D eigenvalue weighted by Crippen LogP contribution is 2.27. The summed E-state index contributed by atoms with van der Waals surface area (Å²) in [5.41, 5.74) is 2.00. The van der Waals surface area contributed by atoms with E-state index in [4.69, 9.17) is 23.2 Å². The van der Waals surface area contributed by atoms with Crippen molar-refractivity contribution < 1.29 is 0 Å². The van der Waals surface area contributed by atoms with Crippen molar-refractivity contribution in [2.75, 3.05) is 5.32 Å². The number of benzene rings is 1. The van der Waals surface area contributed by atoms with Crippen LogP contribution in [0.2, 0.25) is 10.0 Å². The normalized spacial score (nSPS) is 11.0. The van der Waals surface area contributed by atoms with Crippen molar-refractivity contribution in [3.05, 3.63) is 49.9 Å². The molecule has 0 fully saturated rings. The Morgan fingerprint density at radius 3 is 2.64 bits per heavy atom. The monoisotopic (exact) mass is 339 g/mol. The third-order valence-electron chi connectivity index (χ3n) is 3.38. The summed E-state index contributed by atoms with van der Waals surface area (Å²) >= 11 is 12.0. The van der Waals surface area contributed by atoms with Crippen molar-refractivity contribution in [1.29, 1.82) is 0 Å². The van der Waals surface area contributed by atoms with Crippen molar-refractivity contribution in [2.45, 2.75) is 33.6 Å². The van der Waals surface area contributed by atoms with Gasteiger partial charge < -0.3 is 5.32 Å². The van der Waals surface area contributed by atoms with Crippen molar-refractivity contribution >= 4 is 34.8 Å². The first-order valence-corrected chi connectivity index (χ1v) is 7.94. The van der Waals surface area contributed by atoms with Gasteiger partial charge in [0, 0.05) is 16.3 Å². The molecule has 0 aliphatic carbocycles. The second-order valence-electron chi connectivity index (χ2n) is 5.66. The van der Waals surface area contributed by atoms with Gasteiger partial charge in [-0.2, -0.15) is 0 Å². The lowest BCUT2D eigenvalue weighted by Gasteiger charge is -2.11. The van der Waals surface area contributed by atoms with Gasteiger partial charge in [0.2, 0.25) is 5.95 Å². The Labute approximate surface area is 139 Å². The van der Waals surface area contributed by atoms with E-state index in [0.29, 0.717) is 27.6 Å². The number of aromatic amines is 1. The quantitative estimate of drug-likeness (QED) is 0.828. The van der Waals surface area contributed by atoms with Crippen LogP contribution in [-0.4, -0.2) is 9.97 Å². The van der Waals surface area contributed by atoms with Gasteiger partial charge in [-0.15, -0.1) is 0 Å². The van der Waals surface area contributed by atoms with Crippen molar-refractivity contribution in [1.82, 2.24) is 9.97 Å². The first-order chi connectivity index (χ1) is 10.4. The highest BCUT2D eigenvalue weighted by Gasteiger charge is 2.10. The summed E-state index contributed by atoms with van der Waals surface area (Å²) in [6, 6.07) is 5.10. The minimum absolute atomic E-state index is 0.110. The van der Waals surface area contributed by atoms with Crippen LogP contribution in [0.5, 0.6) is 0 Å². The topological polar surface area (TPSA) is 57.8 Å². The van der Waals surface area contributed by atoms with E-state index in [1.165, 1.54) is 0 Å². The highest BCUT2D eigenvalue weighted by molar-refractivity contribution is 6.36. The van der Waals surface area contributed by atoms with Crippen LogP contribution in [0.4, 0.5) is 11.6 Å². The Morgan fingerprint density at radius 1 is 1.32 bits per heavy atom. The zero-order valence-corrected chi connectivity index (χ0v) is 14.3. The Kier molecular flexibility index (Phi) is 5.48. The zero-order valence-electron chi connectivity index (χ0n) is 12.8. The third kappa shape index (κ3) is 4.24. The summed E-state index contributed by atoms with van der Waals surface area (Å²) in [7, 11) is 0. The van der Waals surface area contributed by atoms with Gasteiger partial charge >= 0.3 is 0 Å². The number of aryl methyl sites for hydroxylation is 1. The molecule has 2 rings (SSSR count). The van der Waals surface area contributed by atoms with Crippen molar-refractivity contribution in [3.63, 3.8) is 0 Å². The Morgan fingerprint density at radius 2 is 2.05 bits per heavy atom. The van der Waals surface area contributed by atoms with E-state index in [2.05, 4.69) is 29.1 Å². The molecule has 0 spiro atoms. The molecule has 118 valence electrons. The average Bonchev–Trinajstić information content (AvgIpc) is 2.40. The Hall–Kier alpha value is -1.52. The van der Waals surface area contributed by atoms with Crippen LogP contribution in [0, 0.1) is 12.8 Å². The Bertz CT molecular complexity index is 726. The molecule has 1 heterocycles. The van der Waals surface area contributed by atoms with Gasteiger partial charge in [0.1, 0.15) is 0 Å². The minimum Gasteiger partial charge on any atom is -0.324 e. The number of nitrogens with one attached hydrogen (secondary N) is 2. The maximum atomic E-state index is 12.2. The smallest absolute Gasteiger partial charge is 0.255 e. The predicted molar refractivity (Wildman–Crippen MR) is 92.5 cm³/mol. The molecule has 0 radical (unpaired) electrons. The standard InChI is InChI=1S/C16H19Cl2N3O/c1-9(2)4-6-12-10(3)19-16(21-15(12)22)20-14-7-5-11(17)8-13(14)18/h5,7-9H,4,6H2,1-3H3,(H2,19,20,21,22). The van der Waals surface area contributed by atoms with Gasteiger partial charge in [0.15, 0.2) is 0 Å². The molecule has 1 aromatic heterocycles. The molecule has 0 aliphatic rings. The molecular weight excluding hydrogens is 321 g/mol. The molecule has 6 heteroatoms. The first kappa shape index (κ1) is 16.8. The predicted octanol–water partition coefficient (Wildman–Crippen LogP) is 4.72. The van der Waals surface area contributed by atoms with E-state index in [0.717, 1.165) is 24.1 Å². The zero-order chi connectivity index (χ0) is 16.3. The molecule has 0 saturated heterocycles. The molecular formula is C16H19Cl2N3O. The van der Waals surface area contributed by atoms with E-state index in [1.807, 2.05) is 6.92 Å². The van der Waals surface area contributed by atoms with Gasteiger partial charge in [0.05, 0.1) is 10.7 Å². The van der Waals surface area contributed by atoms with Crippen LogP contribution < -0.4 is 10.9 Å². The first-order valence-electron chi connectivity index (χ1n) is 7.18. The fraction of sp³-hybridized carbons (Fsp3) is 0.375. The summed E-state index contributed by atoms with van der Waals surface area (Å²) in [5, 5.41) is 4.04. The number of anilines is 2. The fourth-order valence-electron chi connectivity index (χ4n) is 2.12. The summed E-state index contributed by atoms with van der Waals surface area (Å²) in [6.45, 7) is 6.12. The third-order valence-corrected chi connectivity index (χ3v) is 3.93. The van der Waals surface area contributed by atoms with Crippen LogP contribution in [0.1, 0.15) is 31.5 Å². The number of rotatable bonds is 5. The summed E-state index contributed by atoms with van der Waals surface area (Å²) in [6.07, 6.45) is 1.69. The van der Waals surface area contributed by atoms with Crippen LogP contribution in [0.3, 0.4) is 0 Å². The molecule has 0 bridgehead atoms. The maximum absolute atomic E-state index is 12.2. The largest absolute Gasteiger partial charge is 0.324 e. The number of H-pyrrole nitrogens is 1. The number of hydrogen-bond donors (Lipinski definition) is 2. The molecule has 0 unspecified atom stereocenters. The maximum Gasteiger partial charge on any atom is 0.255 e. The number of aromatic nitrogens is 2. The fourth-order valence-corrected chi connectivity index (χ4v) is 2.57. The summed E-state index contributed by atoms with van der Waals surface area (Å²) < 4.78 is 0. The molecule has 4 nitrogen and oxygen atoms in total. The molecule has 0 saturated carbocycles. The molecule has 2 aromatic rings. The van der Waals surface area contributed by atoms with E-state index in [1.54, 1.807) is 18.2 Å². The lowest BCUT2D eigenvalue weighted by molar-refractivity contribution is 0.582. The molecule has 0 aliphatic heterocycles. The second kappa shape index (κ2) is 7.16. The van der Waals surface area contributed by atoms with E-state index in [9.17, 15) is 4.79 Å². The highest BCUT2D eigenvalue weighted by atomic mass is 35.5. The van der Waals surface area contributed by atoms with Crippen LogP contribution in [0.25, 0.3) is 0 Å². The lowest BCUT2D eigenvalue weighted by atomic mass is 10.0. The molecule has 0 atom stereocenters. The molecule has 1 aromatic carbocycles. The summed E-state index contributed by atoms with van der Waals surface area (Å²) in [4.78, 5) is 19.4. The van der Waals surface area contributed by atoms with Gasteiger partial charge in [0.25, 0.3) is 5.56 Å². The van der Waals surface area contributed by atoms with Crippen LogP contribution in [-0.2, 0) is 6.42 Å². The SMILES string of the molecule is Cc1nc(Nc2ccc(Cl)cc2Cl)[nH]c(=O)c1CCC(C)C. The van der Waals surface area contributed by atoms with Gasteiger partial charge in [-0.25, -0.2) is 4.98 Å². The van der Waals surface area contributed by atoms with Crippen LogP contribution >= 0.6 is 23.2 Å². The van der Waals surface area contributed by atoms with Crippen LogP contribution in [0.15, 0.2) is 23.0 Å². The molecule has 0 amide bonds. The van der Waals surface area contributed by atoms with E-state index in [-0.39, 0.29) is 5.56 Å². The van der Waals surface area contributed by atoms with Crippen molar-refractivity contribution in [3.8, 4) is 0 Å². The average molecular weight is 340 g/mol. The van der Waals surface area contributed by atoms with Gasteiger partial charge in [-0.1, -0.05) is 37.0 Å².